The van der Waals surface area contributed by atoms with Crippen LogP contribution in [0.3, 0.4) is 0 Å². The Balaban J connectivity index is 2.70. The number of hydrogen-bond acceptors (Lipinski definition) is 5. The molecule has 0 radical (unpaired) electrons. The van der Waals surface area contributed by atoms with Crippen LogP contribution in [0.25, 0.3) is 10.8 Å². The van der Waals surface area contributed by atoms with Gasteiger partial charge in [0.2, 0.25) is 0 Å². The van der Waals surface area contributed by atoms with E-state index in [4.69, 9.17) is 9.47 Å². The highest BCUT2D eigenvalue weighted by Gasteiger charge is 2.19. The van der Waals surface area contributed by atoms with E-state index in [-0.39, 0.29) is 22.8 Å². The van der Waals surface area contributed by atoms with Crippen molar-refractivity contribution in [3.8, 4) is 17.2 Å². The first kappa shape index (κ1) is 15.6. The number of phenols is 1. The van der Waals surface area contributed by atoms with Gasteiger partial charge < -0.3 is 14.6 Å². The van der Waals surface area contributed by atoms with Gasteiger partial charge in [0.05, 0.1) is 0 Å². The van der Waals surface area contributed by atoms with Crippen LogP contribution in [0.15, 0.2) is 36.4 Å². The predicted octanol–water partition coefficient (Wildman–Crippen LogP) is 3.26. The standard InChI is InChI=1S/C17H16O5/c1-9(2)17(20)22-16-12-6-5-10(3)7-13(12)14(19)8-15(16)21-11(4)18/h5-8,19H,1H2,2-4H3. The van der Waals surface area contributed by atoms with Gasteiger partial charge in [0.1, 0.15) is 5.75 Å². The topological polar surface area (TPSA) is 72.8 Å². The molecule has 0 atom stereocenters. The zero-order chi connectivity index (χ0) is 16.4. The molecule has 5 heteroatoms. The molecule has 0 saturated heterocycles. The minimum absolute atomic E-state index is 0.0176. The number of esters is 2. The lowest BCUT2D eigenvalue weighted by atomic mass is 10.1. The third-order valence-electron chi connectivity index (χ3n) is 2.98. The number of phenolic OH excluding ortho intramolecular Hbond substituents is 1. The van der Waals surface area contributed by atoms with E-state index in [9.17, 15) is 14.7 Å². The van der Waals surface area contributed by atoms with Crippen LogP contribution in [0.2, 0.25) is 0 Å². The van der Waals surface area contributed by atoms with Gasteiger partial charge in [0.15, 0.2) is 11.5 Å². The molecule has 0 aromatic heterocycles. The molecule has 114 valence electrons. The largest absolute Gasteiger partial charge is 0.507 e. The van der Waals surface area contributed by atoms with Crippen molar-refractivity contribution in [2.75, 3.05) is 0 Å². The van der Waals surface area contributed by atoms with E-state index in [0.717, 1.165) is 5.56 Å². The Hall–Kier alpha value is -2.82. The lowest BCUT2D eigenvalue weighted by Gasteiger charge is -2.14. The fraction of sp³-hybridized carbons (Fsp3) is 0.176. The first-order chi connectivity index (χ1) is 10.3. The number of ether oxygens (including phenoxy) is 2. The maximum atomic E-state index is 11.8. The molecule has 0 spiro atoms. The van der Waals surface area contributed by atoms with Crippen molar-refractivity contribution in [3.05, 3.63) is 42.0 Å². The third kappa shape index (κ3) is 3.09. The molecule has 1 N–H and O–H groups in total. The van der Waals surface area contributed by atoms with Crippen molar-refractivity contribution in [1.29, 1.82) is 0 Å². The fourth-order valence-corrected chi connectivity index (χ4v) is 1.98. The summed E-state index contributed by atoms with van der Waals surface area (Å²) in [5, 5.41) is 11.1. The van der Waals surface area contributed by atoms with Gasteiger partial charge in [-0.1, -0.05) is 24.3 Å². The number of aromatic hydroxyl groups is 1. The molecule has 0 saturated carbocycles. The van der Waals surface area contributed by atoms with Crippen LogP contribution >= 0.6 is 0 Å². The quantitative estimate of drug-likeness (QED) is 0.535. The number of fused-ring (bicyclic) bond motifs is 1. The molecule has 22 heavy (non-hydrogen) atoms. The van der Waals surface area contributed by atoms with Gasteiger partial charge >= 0.3 is 11.9 Å². The Kier molecular flexibility index (Phi) is 4.17. The van der Waals surface area contributed by atoms with E-state index >= 15 is 0 Å². The van der Waals surface area contributed by atoms with Crippen molar-refractivity contribution in [3.63, 3.8) is 0 Å². The number of hydrogen-bond donors (Lipinski definition) is 1. The minimum Gasteiger partial charge on any atom is -0.507 e. The average Bonchev–Trinajstić information content (AvgIpc) is 2.42. The maximum absolute atomic E-state index is 11.8. The molecule has 2 rings (SSSR count). The van der Waals surface area contributed by atoms with Crippen LogP contribution in [0.1, 0.15) is 19.4 Å². The van der Waals surface area contributed by atoms with Crippen LogP contribution in [0, 0.1) is 6.92 Å². The van der Waals surface area contributed by atoms with Crippen LogP contribution < -0.4 is 9.47 Å². The second-order valence-electron chi connectivity index (χ2n) is 5.04. The summed E-state index contributed by atoms with van der Waals surface area (Å²) >= 11 is 0. The molecule has 0 bridgehead atoms. The first-order valence-corrected chi connectivity index (χ1v) is 6.62. The van der Waals surface area contributed by atoms with Crippen molar-refractivity contribution in [2.45, 2.75) is 20.8 Å². The molecule has 0 heterocycles. The molecule has 5 nitrogen and oxygen atoms in total. The van der Waals surface area contributed by atoms with Gasteiger partial charge in [-0.2, -0.15) is 0 Å². The van der Waals surface area contributed by atoms with E-state index in [0.29, 0.717) is 10.8 Å². The molecule has 0 fully saturated rings. The first-order valence-electron chi connectivity index (χ1n) is 6.62. The summed E-state index contributed by atoms with van der Waals surface area (Å²) in [6, 6.07) is 6.50. The Morgan fingerprint density at radius 1 is 1.09 bits per heavy atom. The molecule has 2 aromatic carbocycles. The number of carbonyl (C=O) groups is 2. The van der Waals surface area contributed by atoms with Gasteiger partial charge in [-0.05, 0) is 19.9 Å². The number of carbonyl (C=O) groups excluding carboxylic acids is 2. The highest BCUT2D eigenvalue weighted by atomic mass is 16.6. The average molecular weight is 300 g/mol. The van der Waals surface area contributed by atoms with Gasteiger partial charge in [-0.25, -0.2) is 4.79 Å². The van der Waals surface area contributed by atoms with Crippen molar-refractivity contribution in [1.82, 2.24) is 0 Å². The minimum atomic E-state index is -0.638. The Bertz CT molecular complexity index is 789. The fourth-order valence-electron chi connectivity index (χ4n) is 1.98. The van der Waals surface area contributed by atoms with Gasteiger partial charge in [-0.3, -0.25) is 4.79 Å². The van der Waals surface area contributed by atoms with E-state index in [1.165, 1.54) is 19.9 Å². The molecule has 0 aliphatic carbocycles. The summed E-state index contributed by atoms with van der Waals surface area (Å²) in [6.07, 6.45) is 0. The Morgan fingerprint density at radius 3 is 2.36 bits per heavy atom. The van der Waals surface area contributed by atoms with Gasteiger partial charge in [0, 0.05) is 29.3 Å². The molecule has 0 amide bonds. The highest BCUT2D eigenvalue weighted by Crippen LogP contribution is 2.41. The van der Waals surface area contributed by atoms with Gasteiger partial charge in [0.25, 0.3) is 0 Å². The van der Waals surface area contributed by atoms with Gasteiger partial charge in [-0.15, -0.1) is 0 Å². The SMILES string of the molecule is C=C(C)C(=O)Oc1c(OC(C)=O)cc(O)c2cc(C)ccc12. The van der Waals surface area contributed by atoms with Crippen molar-refractivity contribution < 1.29 is 24.2 Å². The van der Waals surface area contributed by atoms with E-state index < -0.39 is 11.9 Å². The summed E-state index contributed by atoms with van der Waals surface area (Å²) in [4.78, 5) is 23.0. The smallest absolute Gasteiger partial charge is 0.338 e. The maximum Gasteiger partial charge on any atom is 0.338 e. The van der Waals surface area contributed by atoms with Crippen molar-refractivity contribution in [2.24, 2.45) is 0 Å². The zero-order valence-corrected chi connectivity index (χ0v) is 12.6. The molecular weight excluding hydrogens is 284 g/mol. The second-order valence-corrected chi connectivity index (χ2v) is 5.04. The summed E-state index contributed by atoms with van der Waals surface area (Å²) < 4.78 is 10.3. The lowest BCUT2D eigenvalue weighted by Crippen LogP contribution is -2.11. The van der Waals surface area contributed by atoms with Crippen molar-refractivity contribution >= 4 is 22.7 Å². The number of aryl methyl sites for hydroxylation is 1. The summed E-state index contributed by atoms with van der Waals surface area (Å²) in [5.74, 6) is -1.23. The lowest BCUT2D eigenvalue weighted by molar-refractivity contribution is -0.133. The molecule has 0 unspecified atom stereocenters. The Labute approximate surface area is 127 Å². The molecule has 0 aliphatic heterocycles. The summed E-state index contributed by atoms with van der Waals surface area (Å²) in [5.41, 5.74) is 1.14. The number of rotatable bonds is 3. The van der Waals surface area contributed by atoms with E-state index in [1.54, 1.807) is 18.2 Å². The highest BCUT2D eigenvalue weighted by molar-refractivity contribution is 5.99. The molecule has 2 aromatic rings. The molecular formula is C17H16O5. The second kappa shape index (κ2) is 5.89. The third-order valence-corrected chi connectivity index (χ3v) is 2.98. The number of benzene rings is 2. The van der Waals surface area contributed by atoms with Crippen LogP contribution in [0.5, 0.6) is 17.2 Å². The Morgan fingerprint density at radius 2 is 1.77 bits per heavy atom. The van der Waals surface area contributed by atoms with E-state index in [1.807, 2.05) is 6.92 Å². The summed E-state index contributed by atoms with van der Waals surface area (Å²) in [7, 11) is 0. The normalized spacial score (nSPS) is 10.3. The van der Waals surface area contributed by atoms with E-state index in [2.05, 4.69) is 6.58 Å². The van der Waals surface area contributed by atoms with Crippen LogP contribution in [0.4, 0.5) is 0 Å². The molecule has 0 aliphatic rings. The zero-order valence-electron chi connectivity index (χ0n) is 12.6. The van der Waals surface area contributed by atoms with Crippen LogP contribution in [-0.4, -0.2) is 17.0 Å². The summed E-state index contributed by atoms with van der Waals surface area (Å²) in [6.45, 7) is 8.13. The predicted molar refractivity (Wildman–Crippen MR) is 82.1 cm³/mol. The monoisotopic (exact) mass is 300 g/mol. The van der Waals surface area contributed by atoms with Crippen LogP contribution in [-0.2, 0) is 9.59 Å².